The van der Waals surface area contributed by atoms with Crippen LogP contribution in [0.15, 0.2) is 25.3 Å². The Hall–Kier alpha value is -3.40. The van der Waals surface area contributed by atoms with Gasteiger partial charge in [0.15, 0.2) is 54.7 Å². The summed E-state index contributed by atoms with van der Waals surface area (Å²) >= 11 is 0. The average Bonchev–Trinajstić information content (AvgIpc) is 4.04. The van der Waals surface area contributed by atoms with Crippen LogP contribution in [-0.2, 0) is 13.9 Å². The molecule has 2 aliphatic carbocycles. The number of anilines is 2. The van der Waals surface area contributed by atoms with E-state index in [1.54, 1.807) is 15.5 Å². The second kappa shape index (κ2) is 17.7. The van der Waals surface area contributed by atoms with Gasteiger partial charge in [0.05, 0.1) is 49.2 Å². The molecule has 58 heavy (non-hydrogen) atoms. The third-order valence-corrected chi connectivity index (χ3v) is 17.1. The quantitative estimate of drug-likeness (QED) is 0.112. The van der Waals surface area contributed by atoms with E-state index in [0.717, 1.165) is 38.5 Å². The van der Waals surface area contributed by atoms with Crippen molar-refractivity contribution in [2.24, 2.45) is 0 Å². The van der Waals surface area contributed by atoms with Crippen molar-refractivity contribution in [3.05, 3.63) is 25.3 Å². The first-order valence-electron chi connectivity index (χ1n) is 20.4. The lowest BCUT2D eigenvalue weighted by Crippen LogP contribution is -2.47. The number of rotatable bonds is 10. The maximum absolute atomic E-state index is 10.5. The van der Waals surface area contributed by atoms with Gasteiger partial charge in [-0.2, -0.15) is 0 Å². The van der Waals surface area contributed by atoms with Crippen molar-refractivity contribution in [1.82, 2.24) is 39.0 Å². The van der Waals surface area contributed by atoms with Crippen LogP contribution in [0, 0.1) is 0 Å². The Morgan fingerprint density at radius 3 is 1.59 bits per heavy atom. The van der Waals surface area contributed by atoms with E-state index < -0.39 is 63.5 Å². The highest BCUT2D eigenvalue weighted by molar-refractivity contribution is 6.74. The Labute approximate surface area is 340 Å². The first-order valence-corrected chi connectivity index (χ1v) is 23.3. The second-order valence-electron chi connectivity index (χ2n) is 17.3. The van der Waals surface area contributed by atoms with Crippen molar-refractivity contribution in [2.75, 3.05) is 10.6 Å². The van der Waals surface area contributed by atoms with Crippen molar-refractivity contribution in [3.8, 4) is 0 Å². The van der Waals surface area contributed by atoms with E-state index in [1.165, 1.54) is 19.0 Å². The average molecular weight is 829 g/mol. The first-order chi connectivity index (χ1) is 27.1. The van der Waals surface area contributed by atoms with E-state index in [0.29, 0.717) is 46.8 Å². The zero-order valence-corrected chi connectivity index (χ0v) is 34.9. The van der Waals surface area contributed by atoms with E-state index in [-0.39, 0.29) is 30.7 Å². The summed E-state index contributed by atoms with van der Waals surface area (Å²) in [5.74, 6) is 1.21. The van der Waals surface area contributed by atoms with Gasteiger partial charge in [0.1, 0.15) is 37.1 Å². The minimum absolute atomic E-state index is 0. The van der Waals surface area contributed by atoms with E-state index >= 15 is 0 Å². The van der Waals surface area contributed by atoms with Gasteiger partial charge in [0, 0.05) is 0 Å². The molecule has 19 heteroatoms. The molecule has 4 aliphatic rings. The predicted molar refractivity (Wildman–Crippen MR) is 220 cm³/mol. The Bertz CT molecular complexity index is 1980. The summed E-state index contributed by atoms with van der Waals surface area (Å²) in [5, 5.41) is 58.1. The summed E-state index contributed by atoms with van der Waals surface area (Å²) in [6, 6.07) is 0.106. The fourth-order valence-corrected chi connectivity index (χ4v) is 9.52. The van der Waals surface area contributed by atoms with Crippen molar-refractivity contribution >= 4 is 42.3 Å². The van der Waals surface area contributed by atoms with Crippen LogP contribution < -0.4 is 10.6 Å². The third kappa shape index (κ3) is 8.47. The number of hydrogen-bond donors (Lipinski definition) is 7. The minimum atomic E-state index is -1.88. The predicted octanol–water partition coefficient (Wildman–Crippen LogP) is 4.03. The fourth-order valence-electron chi connectivity index (χ4n) is 8.13. The Morgan fingerprint density at radius 1 is 0.690 bits per heavy atom. The van der Waals surface area contributed by atoms with Crippen molar-refractivity contribution in [3.63, 3.8) is 0 Å². The molecule has 4 aromatic heterocycles. The maximum Gasteiger partial charge on any atom is 0.192 e. The molecule has 2 saturated carbocycles. The Morgan fingerprint density at radius 2 is 1.16 bits per heavy atom. The van der Waals surface area contributed by atoms with Crippen LogP contribution in [0.3, 0.4) is 0 Å². The number of aromatic nitrogens is 8. The summed E-state index contributed by atoms with van der Waals surface area (Å²) in [4.78, 5) is 26.3. The van der Waals surface area contributed by atoms with Gasteiger partial charge in [-0.25, -0.2) is 29.9 Å². The SMILES string of the molecule is C.CC[C@H]1O[C@@H](n2cnc3c(NC4CCCC4O)ncnc32)[C@H](O)[C@@H]1O.CC[C@H]1O[C@@H](n2cnc3c(NC4CCCC4O[Si](C)(C)C(C)(C)C)ncnc32)[C@H](O)[C@@H]1O. The molecule has 8 rings (SSSR count). The maximum atomic E-state index is 10.5. The van der Waals surface area contributed by atoms with Crippen LogP contribution in [-0.4, -0.2) is 134 Å². The van der Waals surface area contributed by atoms with Gasteiger partial charge < -0.3 is 50.1 Å². The lowest BCUT2D eigenvalue weighted by molar-refractivity contribution is -0.0355. The molecule has 322 valence electrons. The van der Waals surface area contributed by atoms with Gasteiger partial charge in [-0.05, 0) is 69.5 Å². The highest BCUT2D eigenvalue weighted by Gasteiger charge is 2.45. The van der Waals surface area contributed by atoms with Gasteiger partial charge in [0.25, 0.3) is 0 Å². The normalized spacial score (nSPS) is 32.7. The summed E-state index contributed by atoms with van der Waals surface area (Å²) < 4.78 is 21.7. The monoisotopic (exact) mass is 828 g/mol. The van der Waals surface area contributed by atoms with E-state index in [9.17, 15) is 25.5 Å². The standard InChI is InChI=1S/C22H37N5O4Si.C16H23N5O4.CH4/c1-7-14-17(28)18(29)21(30-14)27-12-25-16-19(23-11-24-20(16)27)26-13-9-8-10-15(13)31-32(5,6)22(2,3)4;1-2-10-12(23)13(24)16(25-10)21-7-19-11-14(17-6-18-15(11)21)20-8-4-3-5-9(8)22;/h11-15,17-18,21,28-29H,7-10H2,1-6H3,(H,23,24,26);6-10,12-13,16,22-24H,2-5H2,1H3,(H,17,18,20);1H4/t13?,14-,15?,17-,18-,21-;8?,9?,10-,12-,13-,16-;/m11./s1. The Kier molecular flexibility index (Phi) is 13.5. The molecule has 4 aromatic rings. The van der Waals surface area contributed by atoms with Gasteiger partial charge >= 0.3 is 0 Å². The zero-order valence-electron chi connectivity index (χ0n) is 33.9. The molecule has 0 aromatic carbocycles. The van der Waals surface area contributed by atoms with Crippen LogP contribution in [0.25, 0.3) is 22.3 Å². The molecule has 4 fully saturated rings. The van der Waals surface area contributed by atoms with Crippen LogP contribution in [0.1, 0.15) is 106 Å². The van der Waals surface area contributed by atoms with Crippen LogP contribution >= 0.6 is 0 Å². The van der Waals surface area contributed by atoms with Crippen molar-refractivity contribution < 1.29 is 39.4 Å². The van der Waals surface area contributed by atoms with Crippen LogP contribution in [0.5, 0.6) is 0 Å². The molecule has 6 heterocycles. The van der Waals surface area contributed by atoms with Gasteiger partial charge in [-0.3, -0.25) is 9.13 Å². The molecule has 4 unspecified atom stereocenters. The highest BCUT2D eigenvalue weighted by atomic mass is 28.4. The number of nitrogens with one attached hydrogen (secondary N) is 2. The summed E-state index contributed by atoms with van der Waals surface area (Å²) in [6.45, 7) is 15.2. The minimum Gasteiger partial charge on any atom is -0.412 e. The molecule has 7 N–H and O–H groups in total. The molecule has 12 atom stereocenters. The van der Waals surface area contributed by atoms with Crippen LogP contribution in [0.2, 0.25) is 18.1 Å². The van der Waals surface area contributed by atoms with Crippen molar-refractivity contribution in [2.45, 2.75) is 185 Å². The number of nitrogens with zero attached hydrogens (tertiary/aromatic N) is 8. The number of imidazole rings is 2. The second-order valence-corrected chi connectivity index (χ2v) is 22.1. The van der Waals surface area contributed by atoms with Gasteiger partial charge in [0.2, 0.25) is 0 Å². The number of ether oxygens (including phenoxy) is 2. The Balaban J connectivity index is 0.000000198. The zero-order chi connectivity index (χ0) is 40.8. The molecule has 0 bridgehead atoms. The van der Waals surface area contributed by atoms with Crippen LogP contribution in [0.4, 0.5) is 11.6 Å². The topological polar surface area (TPSA) is 240 Å². The number of fused-ring (bicyclic) bond motifs is 2. The molecule has 18 nitrogen and oxygen atoms in total. The van der Waals surface area contributed by atoms with Gasteiger partial charge in [-0.15, -0.1) is 0 Å². The highest BCUT2D eigenvalue weighted by Crippen LogP contribution is 2.41. The third-order valence-electron chi connectivity index (χ3n) is 12.6. The lowest BCUT2D eigenvalue weighted by atomic mass is 10.1. The van der Waals surface area contributed by atoms with E-state index in [1.807, 2.05) is 13.8 Å². The molecule has 2 aliphatic heterocycles. The molecule has 0 spiro atoms. The summed E-state index contributed by atoms with van der Waals surface area (Å²) in [6.07, 6.45) is 6.49. The molecule has 2 saturated heterocycles. The van der Waals surface area contributed by atoms with E-state index in [4.69, 9.17) is 13.9 Å². The number of aliphatic hydroxyl groups excluding tert-OH is 5. The fraction of sp³-hybridized carbons (Fsp3) is 0.744. The smallest absolute Gasteiger partial charge is 0.192 e. The molecular formula is C39H64N10O8Si. The number of hydrogen-bond acceptors (Lipinski definition) is 16. The summed E-state index contributed by atoms with van der Waals surface area (Å²) in [5.41, 5.74) is 2.25. The molecular weight excluding hydrogens is 765 g/mol. The van der Waals surface area contributed by atoms with Crippen molar-refractivity contribution in [1.29, 1.82) is 0 Å². The molecule has 0 radical (unpaired) electrons. The summed E-state index contributed by atoms with van der Waals surface area (Å²) in [7, 11) is -1.88. The number of aliphatic hydroxyl groups is 5. The largest absolute Gasteiger partial charge is 0.412 e. The van der Waals surface area contributed by atoms with Gasteiger partial charge in [-0.1, -0.05) is 42.0 Å². The lowest BCUT2D eigenvalue weighted by Gasteiger charge is -2.40. The first kappa shape index (κ1) is 44.2. The molecule has 0 amide bonds. The van der Waals surface area contributed by atoms with E-state index in [2.05, 4.69) is 74.4 Å².